The molecule has 8 heteroatoms. The van der Waals surface area contributed by atoms with Gasteiger partial charge in [-0.3, -0.25) is 19.5 Å². The fraction of sp³-hybridized carbons (Fsp3) is 0.682. The summed E-state index contributed by atoms with van der Waals surface area (Å²) in [4.78, 5) is 31.5. The van der Waals surface area contributed by atoms with Crippen LogP contribution in [0.4, 0.5) is 0 Å². The van der Waals surface area contributed by atoms with Crippen molar-refractivity contribution in [2.45, 2.75) is 50.4 Å². The molecule has 1 aliphatic carbocycles. The van der Waals surface area contributed by atoms with Gasteiger partial charge in [0.25, 0.3) is 0 Å². The molecule has 0 unspecified atom stereocenters. The molecule has 3 aliphatic rings. The van der Waals surface area contributed by atoms with Crippen LogP contribution in [0.1, 0.15) is 31.2 Å². The Morgan fingerprint density at radius 2 is 2.17 bits per heavy atom. The Bertz CT molecular complexity index is 727. The first-order chi connectivity index (χ1) is 14.6. The number of carbonyl (C=O) groups is 2. The van der Waals surface area contributed by atoms with Gasteiger partial charge in [-0.2, -0.15) is 0 Å². The molecule has 1 aromatic rings. The smallest absolute Gasteiger partial charge is 0.222 e. The van der Waals surface area contributed by atoms with Crippen molar-refractivity contribution in [2.75, 3.05) is 33.4 Å². The molecule has 3 heterocycles. The molecule has 1 saturated carbocycles. The van der Waals surface area contributed by atoms with E-state index in [1.165, 1.54) is 0 Å². The lowest BCUT2D eigenvalue weighted by Gasteiger charge is -2.23. The molecule has 30 heavy (non-hydrogen) atoms. The number of hydrogen-bond donors (Lipinski definition) is 2. The van der Waals surface area contributed by atoms with Crippen LogP contribution in [-0.2, 0) is 25.6 Å². The summed E-state index contributed by atoms with van der Waals surface area (Å²) in [5.74, 6) is 0.466. The van der Waals surface area contributed by atoms with Crippen molar-refractivity contribution in [1.82, 2.24) is 20.5 Å². The van der Waals surface area contributed by atoms with E-state index in [-0.39, 0.29) is 35.8 Å². The molecule has 2 N–H and O–H groups in total. The zero-order chi connectivity index (χ0) is 20.9. The first-order valence-electron chi connectivity index (χ1n) is 10.9. The highest BCUT2D eigenvalue weighted by molar-refractivity contribution is 5.77. The number of methoxy groups -OCH3 is 1. The molecule has 0 spiro atoms. The second-order valence-electron chi connectivity index (χ2n) is 8.66. The van der Waals surface area contributed by atoms with Crippen LogP contribution in [0.15, 0.2) is 24.5 Å². The van der Waals surface area contributed by atoms with Crippen molar-refractivity contribution in [3.8, 4) is 0 Å². The monoisotopic (exact) mass is 416 g/mol. The molecule has 2 amide bonds. The van der Waals surface area contributed by atoms with Crippen LogP contribution >= 0.6 is 0 Å². The summed E-state index contributed by atoms with van der Waals surface area (Å²) >= 11 is 0. The number of hydrogen-bond acceptors (Lipinski definition) is 6. The lowest BCUT2D eigenvalue weighted by atomic mass is 9.84. The van der Waals surface area contributed by atoms with Crippen LogP contribution in [0.5, 0.6) is 0 Å². The highest BCUT2D eigenvalue weighted by Crippen LogP contribution is 2.42. The third kappa shape index (κ3) is 5.36. The van der Waals surface area contributed by atoms with E-state index in [1.54, 1.807) is 13.3 Å². The van der Waals surface area contributed by atoms with Crippen molar-refractivity contribution < 1.29 is 19.1 Å². The standard InChI is InChI=1S/C22H32N4O4/c1-29-8-7-24-20(27)10-19-22-16(9-21(28)25-17-4-5-17)13-26(18(22)14-30-19)12-15-3-2-6-23-11-15/h2-3,6,11,16-19,22H,4-5,7-10,12-14H2,1H3,(H,24,27)(H,25,28)/t16-,18-,19+,22-/m1/s1. The van der Waals surface area contributed by atoms with Gasteiger partial charge in [-0.25, -0.2) is 0 Å². The summed E-state index contributed by atoms with van der Waals surface area (Å²) in [5, 5.41) is 6.00. The molecule has 4 rings (SSSR count). The molecular weight excluding hydrogens is 384 g/mol. The number of pyridine rings is 1. The number of ether oxygens (including phenoxy) is 2. The second kappa shape index (κ2) is 9.85. The maximum atomic E-state index is 12.5. The number of aromatic nitrogens is 1. The van der Waals surface area contributed by atoms with Crippen LogP contribution in [0.2, 0.25) is 0 Å². The Hall–Kier alpha value is -2.03. The normalized spacial score (nSPS) is 28.3. The fourth-order valence-corrected chi connectivity index (χ4v) is 4.82. The topological polar surface area (TPSA) is 92.8 Å². The summed E-state index contributed by atoms with van der Waals surface area (Å²) < 4.78 is 11.1. The van der Waals surface area contributed by atoms with Gasteiger partial charge >= 0.3 is 0 Å². The molecule has 0 aromatic carbocycles. The van der Waals surface area contributed by atoms with Crippen molar-refractivity contribution >= 4 is 11.8 Å². The van der Waals surface area contributed by atoms with Gasteiger partial charge in [0.1, 0.15) is 0 Å². The van der Waals surface area contributed by atoms with Crippen molar-refractivity contribution in [2.24, 2.45) is 11.8 Å². The van der Waals surface area contributed by atoms with Gasteiger partial charge in [0.05, 0.1) is 25.7 Å². The molecule has 3 fully saturated rings. The number of carbonyl (C=O) groups excluding carboxylic acids is 2. The molecular formula is C22H32N4O4. The molecule has 164 valence electrons. The van der Waals surface area contributed by atoms with Crippen LogP contribution in [0.25, 0.3) is 0 Å². The molecule has 0 bridgehead atoms. The SMILES string of the molecule is COCCNC(=O)C[C@@H]1OC[C@@H]2[C@H]1[C@H](CC(=O)NC1CC1)CN2Cc1cccnc1. The third-order valence-corrected chi connectivity index (χ3v) is 6.35. The first kappa shape index (κ1) is 21.2. The van der Waals surface area contributed by atoms with Gasteiger partial charge in [0.2, 0.25) is 11.8 Å². The van der Waals surface area contributed by atoms with Crippen molar-refractivity contribution in [3.63, 3.8) is 0 Å². The summed E-state index contributed by atoms with van der Waals surface area (Å²) in [5.41, 5.74) is 1.15. The Morgan fingerprint density at radius 3 is 2.90 bits per heavy atom. The van der Waals surface area contributed by atoms with Gasteiger partial charge in [0.15, 0.2) is 0 Å². The van der Waals surface area contributed by atoms with Crippen molar-refractivity contribution in [1.29, 1.82) is 0 Å². The second-order valence-corrected chi connectivity index (χ2v) is 8.66. The average molecular weight is 417 g/mol. The summed E-state index contributed by atoms with van der Waals surface area (Å²) in [6.45, 7) is 3.21. The van der Waals surface area contributed by atoms with Gasteiger partial charge in [-0.15, -0.1) is 0 Å². The van der Waals surface area contributed by atoms with Gasteiger partial charge in [-0.05, 0) is 30.4 Å². The predicted octanol–water partition coefficient (Wildman–Crippen LogP) is 0.718. The number of amides is 2. The molecule has 2 aliphatic heterocycles. The third-order valence-electron chi connectivity index (χ3n) is 6.35. The molecule has 4 atom stereocenters. The fourth-order valence-electron chi connectivity index (χ4n) is 4.82. The minimum Gasteiger partial charge on any atom is -0.383 e. The minimum atomic E-state index is -0.157. The van der Waals surface area contributed by atoms with Crippen molar-refractivity contribution in [3.05, 3.63) is 30.1 Å². The van der Waals surface area contributed by atoms with E-state index >= 15 is 0 Å². The molecule has 1 aromatic heterocycles. The number of likely N-dealkylation sites (tertiary alicyclic amines) is 1. The lowest BCUT2D eigenvalue weighted by molar-refractivity contribution is -0.124. The number of nitrogens with zero attached hydrogens (tertiary/aromatic N) is 2. The summed E-state index contributed by atoms with van der Waals surface area (Å²) in [6, 6.07) is 4.61. The van der Waals surface area contributed by atoms with Gasteiger partial charge < -0.3 is 20.1 Å². The average Bonchev–Trinajstić information content (AvgIpc) is 3.34. The highest BCUT2D eigenvalue weighted by atomic mass is 16.5. The van der Waals surface area contributed by atoms with Gasteiger partial charge in [-0.1, -0.05) is 6.07 Å². The van der Waals surface area contributed by atoms with Crippen LogP contribution in [-0.4, -0.2) is 73.3 Å². The van der Waals surface area contributed by atoms with Gasteiger partial charge in [0, 0.05) is 63.6 Å². The van der Waals surface area contributed by atoms with E-state index in [0.29, 0.717) is 38.6 Å². The van der Waals surface area contributed by atoms with E-state index in [4.69, 9.17) is 9.47 Å². The zero-order valence-electron chi connectivity index (χ0n) is 17.6. The summed E-state index contributed by atoms with van der Waals surface area (Å²) in [7, 11) is 1.61. The van der Waals surface area contributed by atoms with Crippen LogP contribution in [0.3, 0.4) is 0 Å². The molecule has 2 saturated heterocycles. The van der Waals surface area contributed by atoms with E-state index in [0.717, 1.165) is 31.5 Å². The maximum Gasteiger partial charge on any atom is 0.222 e. The Balaban J connectivity index is 1.41. The summed E-state index contributed by atoms with van der Waals surface area (Å²) in [6.07, 6.45) is 6.50. The quantitative estimate of drug-likeness (QED) is 0.546. The minimum absolute atomic E-state index is 0.0235. The highest BCUT2D eigenvalue weighted by Gasteiger charge is 2.51. The molecule has 0 radical (unpaired) electrons. The Kier molecular flexibility index (Phi) is 6.97. The number of fused-ring (bicyclic) bond motifs is 1. The van der Waals surface area contributed by atoms with E-state index in [1.807, 2.05) is 12.3 Å². The number of nitrogens with one attached hydrogen (secondary N) is 2. The zero-order valence-corrected chi connectivity index (χ0v) is 17.6. The van der Waals surface area contributed by atoms with E-state index in [9.17, 15) is 9.59 Å². The Labute approximate surface area is 177 Å². The van der Waals surface area contributed by atoms with E-state index in [2.05, 4.69) is 26.6 Å². The lowest BCUT2D eigenvalue weighted by Crippen LogP contribution is -2.36. The predicted molar refractivity (Wildman–Crippen MR) is 110 cm³/mol. The Morgan fingerprint density at radius 1 is 1.30 bits per heavy atom. The maximum absolute atomic E-state index is 12.5. The first-order valence-corrected chi connectivity index (χ1v) is 10.9. The van der Waals surface area contributed by atoms with Crippen LogP contribution in [0, 0.1) is 11.8 Å². The van der Waals surface area contributed by atoms with Crippen LogP contribution < -0.4 is 10.6 Å². The van der Waals surface area contributed by atoms with E-state index < -0.39 is 0 Å². The molecule has 8 nitrogen and oxygen atoms in total. The number of rotatable bonds is 10. The largest absolute Gasteiger partial charge is 0.383 e.